The van der Waals surface area contributed by atoms with E-state index in [1.54, 1.807) is 12.1 Å². The molecule has 86 valence electrons. The Morgan fingerprint density at radius 1 is 1.25 bits per heavy atom. The fraction of sp³-hybridized carbons (Fsp3) is 0.364. The minimum Gasteiger partial charge on any atom is -0.311 e. The van der Waals surface area contributed by atoms with Gasteiger partial charge in [0.2, 0.25) is 6.41 Å². The second kappa shape index (κ2) is 4.25. The first-order valence-electron chi connectivity index (χ1n) is 5.11. The van der Waals surface area contributed by atoms with E-state index in [4.69, 9.17) is 0 Å². The highest BCUT2D eigenvalue weighted by Crippen LogP contribution is 2.22. The summed E-state index contributed by atoms with van der Waals surface area (Å²) in [6.45, 7) is 0. The van der Waals surface area contributed by atoms with Crippen LogP contribution in [-0.2, 0) is 14.6 Å². The van der Waals surface area contributed by atoms with Crippen LogP contribution in [0.5, 0.6) is 0 Å². The molecule has 0 N–H and O–H groups in total. The van der Waals surface area contributed by atoms with Crippen LogP contribution in [0.1, 0.15) is 6.42 Å². The molecule has 0 bridgehead atoms. The van der Waals surface area contributed by atoms with Crippen LogP contribution in [0, 0.1) is 0 Å². The van der Waals surface area contributed by atoms with Gasteiger partial charge in [0.05, 0.1) is 17.5 Å². The Morgan fingerprint density at radius 2 is 1.94 bits per heavy atom. The zero-order valence-electron chi connectivity index (χ0n) is 8.74. The van der Waals surface area contributed by atoms with Crippen molar-refractivity contribution in [2.24, 2.45) is 0 Å². The van der Waals surface area contributed by atoms with Crippen LogP contribution in [0.2, 0.25) is 0 Å². The van der Waals surface area contributed by atoms with Gasteiger partial charge in [-0.3, -0.25) is 4.79 Å². The molecular weight excluding hydrogens is 226 g/mol. The van der Waals surface area contributed by atoms with Crippen LogP contribution < -0.4 is 4.90 Å². The SMILES string of the molecule is O=CN(c1ccccc1)C1CCS(=O)(=O)C1. The topological polar surface area (TPSA) is 54.5 Å². The molecule has 2 rings (SSSR count). The van der Waals surface area contributed by atoms with E-state index < -0.39 is 9.84 Å². The van der Waals surface area contributed by atoms with Crippen molar-refractivity contribution < 1.29 is 13.2 Å². The zero-order valence-corrected chi connectivity index (χ0v) is 9.56. The number of carbonyl (C=O) groups excluding carboxylic acids is 1. The number of rotatable bonds is 3. The van der Waals surface area contributed by atoms with E-state index in [9.17, 15) is 13.2 Å². The number of sulfone groups is 1. The van der Waals surface area contributed by atoms with Crippen molar-refractivity contribution in [3.05, 3.63) is 30.3 Å². The maximum atomic E-state index is 11.4. The van der Waals surface area contributed by atoms with E-state index >= 15 is 0 Å². The van der Waals surface area contributed by atoms with E-state index in [0.29, 0.717) is 12.8 Å². The maximum Gasteiger partial charge on any atom is 0.214 e. The second-order valence-electron chi connectivity index (χ2n) is 3.91. The zero-order chi connectivity index (χ0) is 11.6. The Balaban J connectivity index is 2.22. The van der Waals surface area contributed by atoms with Crippen molar-refractivity contribution >= 4 is 21.9 Å². The Bertz CT molecular complexity index is 469. The molecule has 1 aliphatic heterocycles. The molecule has 0 aliphatic carbocycles. The highest BCUT2D eigenvalue weighted by molar-refractivity contribution is 7.91. The standard InChI is InChI=1S/C11H13NO3S/c13-9-12(10-4-2-1-3-5-10)11-6-7-16(14,15)8-11/h1-5,9,11H,6-8H2. The number of hydrogen-bond donors (Lipinski definition) is 0. The Hall–Kier alpha value is -1.36. The molecule has 1 aliphatic rings. The van der Waals surface area contributed by atoms with E-state index in [-0.39, 0.29) is 17.5 Å². The summed E-state index contributed by atoms with van der Waals surface area (Å²) in [5, 5.41) is 0. The number of para-hydroxylation sites is 1. The fourth-order valence-corrected chi connectivity index (χ4v) is 3.66. The monoisotopic (exact) mass is 239 g/mol. The van der Waals surface area contributed by atoms with Crippen LogP contribution in [0.4, 0.5) is 5.69 Å². The third kappa shape index (κ3) is 2.24. The first-order chi connectivity index (χ1) is 7.62. The number of benzene rings is 1. The highest BCUT2D eigenvalue weighted by atomic mass is 32.2. The summed E-state index contributed by atoms with van der Waals surface area (Å²) in [5.41, 5.74) is 0.750. The Labute approximate surface area is 94.8 Å². The molecular formula is C11H13NO3S. The van der Waals surface area contributed by atoms with Crippen LogP contribution in [0.25, 0.3) is 0 Å². The maximum absolute atomic E-state index is 11.4. The van der Waals surface area contributed by atoms with Gasteiger partial charge >= 0.3 is 0 Å². The van der Waals surface area contributed by atoms with Gasteiger partial charge in [0.25, 0.3) is 0 Å². The molecule has 1 amide bonds. The third-order valence-electron chi connectivity index (χ3n) is 2.77. The van der Waals surface area contributed by atoms with E-state index in [1.165, 1.54) is 4.90 Å². The highest BCUT2D eigenvalue weighted by Gasteiger charge is 2.32. The van der Waals surface area contributed by atoms with E-state index in [1.807, 2.05) is 18.2 Å². The fourth-order valence-electron chi connectivity index (χ4n) is 1.95. The molecule has 1 atom stereocenters. The number of nitrogens with zero attached hydrogens (tertiary/aromatic N) is 1. The molecule has 1 fully saturated rings. The van der Waals surface area contributed by atoms with Gasteiger partial charge in [0, 0.05) is 5.69 Å². The average Bonchev–Trinajstić information content (AvgIpc) is 2.62. The van der Waals surface area contributed by atoms with Gasteiger partial charge < -0.3 is 4.90 Å². The molecule has 1 aromatic rings. The first kappa shape index (κ1) is 11.1. The lowest BCUT2D eigenvalue weighted by Crippen LogP contribution is -2.34. The van der Waals surface area contributed by atoms with Crippen LogP contribution >= 0.6 is 0 Å². The van der Waals surface area contributed by atoms with Crippen LogP contribution in [0.15, 0.2) is 30.3 Å². The summed E-state index contributed by atoms with van der Waals surface area (Å²) < 4.78 is 22.7. The largest absolute Gasteiger partial charge is 0.311 e. The minimum atomic E-state index is -2.96. The van der Waals surface area contributed by atoms with E-state index in [2.05, 4.69) is 0 Å². The van der Waals surface area contributed by atoms with E-state index in [0.717, 1.165) is 5.69 Å². The first-order valence-corrected chi connectivity index (χ1v) is 6.93. The van der Waals surface area contributed by atoms with Gasteiger partial charge in [-0.25, -0.2) is 8.42 Å². The van der Waals surface area contributed by atoms with Gasteiger partial charge in [0.1, 0.15) is 0 Å². The molecule has 0 spiro atoms. The molecule has 5 heteroatoms. The van der Waals surface area contributed by atoms with Gasteiger partial charge in [-0.15, -0.1) is 0 Å². The molecule has 1 unspecified atom stereocenters. The number of hydrogen-bond acceptors (Lipinski definition) is 3. The molecule has 1 aromatic carbocycles. The minimum absolute atomic E-state index is 0.0701. The number of anilines is 1. The summed E-state index contributed by atoms with van der Waals surface area (Å²) in [6, 6.07) is 8.91. The van der Waals surface area contributed by atoms with Gasteiger partial charge in [-0.05, 0) is 18.6 Å². The number of amides is 1. The molecule has 16 heavy (non-hydrogen) atoms. The lowest BCUT2D eigenvalue weighted by molar-refractivity contribution is -0.107. The summed E-state index contributed by atoms with van der Waals surface area (Å²) >= 11 is 0. The van der Waals surface area contributed by atoms with Crippen molar-refractivity contribution in [3.8, 4) is 0 Å². The molecule has 0 aromatic heterocycles. The third-order valence-corrected chi connectivity index (χ3v) is 4.52. The normalized spacial score (nSPS) is 22.9. The molecule has 1 saturated heterocycles. The van der Waals surface area contributed by atoms with Crippen molar-refractivity contribution in [1.29, 1.82) is 0 Å². The summed E-state index contributed by atoms with van der Waals surface area (Å²) in [4.78, 5) is 12.5. The predicted molar refractivity (Wildman–Crippen MR) is 62.0 cm³/mol. The Morgan fingerprint density at radius 3 is 2.44 bits per heavy atom. The van der Waals surface area contributed by atoms with Crippen molar-refractivity contribution in [2.45, 2.75) is 12.5 Å². The Kier molecular flexibility index (Phi) is 2.96. The lowest BCUT2D eigenvalue weighted by Gasteiger charge is -2.23. The van der Waals surface area contributed by atoms with Crippen molar-refractivity contribution in [2.75, 3.05) is 16.4 Å². The average molecular weight is 239 g/mol. The molecule has 0 saturated carbocycles. The summed E-state index contributed by atoms with van der Waals surface area (Å²) in [5.74, 6) is 0.246. The predicted octanol–water partition coefficient (Wildman–Crippen LogP) is 0.837. The lowest BCUT2D eigenvalue weighted by atomic mass is 10.2. The van der Waals surface area contributed by atoms with Gasteiger partial charge in [-0.2, -0.15) is 0 Å². The molecule has 0 radical (unpaired) electrons. The van der Waals surface area contributed by atoms with Crippen molar-refractivity contribution in [3.63, 3.8) is 0 Å². The van der Waals surface area contributed by atoms with Crippen LogP contribution in [-0.4, -0.2) is 32.4 Å². The smallest absolute Gasteiger partial charge is 0.214 e. The van der Waals surface area contributed by atoms with Gasteiger partial charge in [0.15, 0.2) is 9.84 Å². The number of carbonyl (C=O) groups is 1. The van der Waals surface area contributed by atoms with Gasteiger partial charge in [-0.1, -0.05) is 18.2 Å². The summed E-state index contributed by atoms with van der Waals surface area (Å²) in [7, 11) is -2.96. The van der Waals surface area contributed by atoms with Crippen molar-refractivity contribution in [1.82, 2.24) is 0 Å². The molecule has 4 nitrogen and oxygen atoms in total. The van der Waals surface area contributed by atoms with Crippen LogP contribution in [0.3, 0.4) is 0 Å². The quantitative estimate of drug-likeness (QED) is 0.734. The summed E-state index contributed by atoms with van der Waals surface area (Å²) in [6.07, 6.45) is 1.23. The molecule has 1 heterocycles. The second-order valence-corrected chi connectivity index (χ2v) is 6.13.